The highest BCUT2D eigenvalue weighted by molar-refractivity contribution is 5.81. The summed E-state index contributed by atoms with van der Waals surface area (Å²) in [6, 6.07) is 11.4. The SMILES string of the molecule is Cc1ccc(O[C@H](C)C(=O)N[C@H](C)c2ccc3c(c2)OCCO3)cc1C. The van der Waals surface area contributed by atoms with Crippen molar-refractivity contribution in [1.29, 1.82) is 0 Å². The molecule has 3 rings (SSSR count). The van der Waals surface area contributed by atoms with Gasteiger partial charge in [0, 0.05) is 0 Å². The second-order valence-corrected chi connectivity index (χ2v) is 6.64. The van der Waals surface area contributed by atoms with Crippen molar-refractivity contribution in [3.8, 4) is 17.2 Å². The Labute approximate surface area is 154 Å². The van der Waals surface area contributed by atoms with Gasteiger partial charge in [0.1, 0.15) is 19.0 Å². The second kappa shape index (κ2) is 7.68. The molecule has 1 aliphatic heterocycles. The fraction of sp³-hybridized carbons (Fsp3) is 0.381. The molecule has 0 aromatic heterocycles. The number of benzene rings is 2. The molecule has 0 saturated carbocycles. The van der Waals surface area contributed by atoms with E-state index < -0.39 is 6.10 Å². The van der Waals surface area contributed by atoms with E-state index >= 15 is 0 Å². The molecule has 1 heterocycles. The number of amides is 1. The molecule has 0 bridgehead atoms. The summed E-state index contributed by atoms with van der Waals surface area (Å²) in [6.07, 6.45) is -0.586. The Bertz CT molecular complexity index is 803. The predicted octanol–water partition coefficient (Wildman–Crippen LogP) is 3.72. The minimum atomic E-state index is -0.586. The van der Waals surface area contributed by atoms with E-state index in [1.54, 1.807) is 6.92 Å². The molecule has 0 unspecified atom stereocenters. The van der Waals surface area contributed by atoms with Gasteiger partial charge in [-0.25, -0.2) is 0 Å². The summed E-state index contributed by atoms with van der Waals surface area (Å²) < 4.78 is 16.9. The summed E-state index contributed by atoms with van der Waals surface area (Å²) in [5, 5.41) is 2.99. The van der Waals surface area contributed by atoms with E-state index in [0.29, 0.717) is 24.7 Å². The van der Waals surface area contributed by atoms with Crippen molar-refractivity contribution in [3.63, 3.8) is 0 Å². The summed E-state index contributed by atoms with van der Waals surface area (Å²) in [4.78, 5) is 12.5. The number of hydrogen-bond donors (Lipinski definition) is 1. The van der Waals surface area contributed by atoms with Crippen LogP contribution in [0.4, 0.5) is 0 Å². The lowest BCUT2D eigenvalue weighted by atomic mass is 10.1. The van der Waals surface area contributed by atoms with E-state index in [-0.39, 0.29) is 11.9 Å². The van der Waals surface area contributed by atoms with E-state index in [1.807, 2.05) is 57.2 Å². The molecule has 2 aromatic rings. The molecule has 138 valence electrons. The highest BCUT2D eigenvalue weighted by atomic mass is 16.6. The average molecular weight is 355 g/mol. The monoisotopic (exact) mass is 355 g/mol. The van der Waals surface area contributed by atoms with Crippen LogP contribution in [0.2, 0.25) is 0 Å². The molecule has 2 atom stereocenters. The summed E-state index contributed by atoms with van der Waals surface area (Å²) in [5.74, 6) is 1.99. The van der Waals surface area contributed by atoms with Gasteiger partial charge in [0.05, 0.1) is 6.04 Å². The first-order valence-corrected chi connectivity index (χ1v) is 8.88. The topological polar surface area (TPSA) is 56.8 Å². The summed E-state index contributed by atoms with van der Waals surface area (Å²) in [5.41, 5.74) is 3.29. The molecule has 26 heavy (non-hydrogen) atoms. The quantitative estimate of drug-likeness (QED) is 0.888. The van der Waals surface area contributed by atoms with Gasteiger partial charge in [-0.3, -0.25) is 4.79 Å². The van der Waals surface area contributed by atoms with Gasteiger partial charge in [-0.15, -0.1) is 0 Å². The molecule has 1 amide bonds. The zero-order valence-electron chi connectivity index (χ0n) is 15.7. The highest BCUT2D eigenvalue weighted by Crippen LogP contribution is 2.32. The molecule has 0 radical (unpaired) electrons. The normalized spacial score (nSPS) is 15.1. The molecule has 0 saturated heterocycles. The van der Waals surface area contributed by atoms with Crippen LogP contribution in [0.1, 0.15) is 36.6 Å². The van der Waals surface area contributed by atoms with E-state index in [9.17, 15) is 4.79 Å². The Balaban J connectivity index is 1.62. The lowest BCUT2D eigenvalue weighted by molar-refractivity contribution is -0.127. The molecular weight excluding hydrogens is 330 g/mol. The van der Waals surface area contributed by atoms with Crippen LogP contribution >= 0.6 is 0 Å². The maximum atomic E-state index is 12.5. The first-order valence-electron chi connectivity index (χ1n) is 8.88. The first-order chi connectivity index (χ1) is 12.4. The van der Waals surface area contributed by atoms with Crippen LogP contribution in [0.15, 0.2) is 36.4 Å². The van der Waals surface area contributed by atoms with Gasteiger partial charge in [0.2, 0.25) is 0 Å². The van der Waals surface area contributed by atoms with Crippen molar-refractivity contribution in [2.24, 2.45) is 0 Å². The van der Waals surface area contributed by atoms with Crippen LogP contribution in [-0.2, 0) is 4.79 Å². The molecule has 5 nitrogen and oxygen atoms in total. The van der Waals surface area contributed by atoms with Crippen LogP contribution in [0.25, 0.3) is 0 Å². The summed E-state index contributed by atoms with van der Waals surface area (Å²) in [7, 11) is 0. The molecule has 1 N–H and O–H groups in total. The third kappa shape index (κ3) is 4.10. The third-order valence-electron chi connectivity index (χ3n) is 4.59. The van der Waals surface area contributed by atoms with E-state index in [4.69, 9.17) is 14.2 Å². The van der Waals surface area contributed by atoms with Gasteiger partial charge >= 0.3 is 0 Å². The fourth-order valence-electron chi connectivity index (χ4n) is 2.79. The molecule has 0 fully saturated rings. The van der Waals surface area contributed by atoms with E-state index in [2.05, 4.69) is 5.32 Å². The Hall–Kier alpha value is -2.69. The minimum absolute atomic E-state index is 0.161. The van der Waals surface area contributed by atoms with Gasteiger partial charge in [-0.1, -0.05) is 12.1 Å². The number of fused-ring (bicyclic) bond motifs is 1. The molecule has 0 aliphatic carbocycles. The molecule has 5 heteroatoms. The number of carbonyl (C=O) groups is 1. The lowest BCUT2D eigenvalue weighted by Crippen LogP contribution is -2.37. The third-order valence-corrected chi connectivity index (χ3v) is 4.59. The molecule has 1 aliphatic rings. The van der Waals surface area contributed by atoms with Gasteiger partial charge in [0.15, 0.2) is 17.6 Å². The van der Waals surface area contributed by atoms with E-state index in [0.717, 1.165) is 16.9 Å². The van der Waals surface area contributed by atoms with Gasteiger partial charge in [-0.05, 0) is 68.7 Å². The Morgan fingerprint density at radius 1 is 1.00 bits per heavy atom. The van der Waals surface area contributed by atoms with Gasteiger partial charge in [0.25, 0.3) is 5.91 Å². The van der Waals surface area contributed by atoms with Crippen molar-refractivity contribution in [2.75, 3.05) is 13.2 Å². The minimum Gasteiger partial charge on any atom is -0.486 e. The Morgan fingerprint density at radius 2 is 1.73 bits per heavy atom. The lowest BCUT2D eigenvalue weighted by Gasteiger charge is -2.22. The summed E-state index contributed by atoms with van der Waals surface area (Å²) in [6.45, 7) is 8.86. The summed E-state index contributed by atoms with van der Waals surface area (Å²) >= 11 is 0. The second-order valence-electron chi connectivity index (χ2n) is 6.64. The van der Waals surface area contributed by atoms with E-state index in [1.165, 1.54) is 5.56 Å². The average Bonchev–Trinajstić information content (AvgIpc) is 2.64. The maximum Gasteiger partial charge on any atom is 0.261 e. The smallest absolute Gasteiger partial charge is 0.261 e. The van der Waals surface area contributed by atoms with Crippen LogP contribution < -0.4 is 19.5 Å². The molecular formula is C21H25NO4. The molecule has 2 aromatic carbocycles. The van der Waals surface area contributed by atoms with Gasteiger partial charge in [-0.2, -0.15) is 0 Å². The van der Waals surface area contributed by atoms with Crippen LogP contribution in [-0.4, -0.2) is 25.2 Å². The molecule has 0 spiro atoms. The first kappa shape index (κ1) is 18.1. The van der Waals surface area contributed by atoms with Crippen LogP contribution in [0.5, 0.6) is 17.2 Å². The number of aryl methyl sites for hydroxylation is 2. The van der Waals surface area contributed by atoms with Crippen molar-refractivity contribution < 1.29 is 19.0 Å². The standard InChI is InChI=1S/C21H25NO4/c1-13-5-7-18(11-14(13)2)26-16(4)21(23)22-15(3)17-6-8-19-20(12-17)25-10-9-24-19/h5-8,11-12,15-16H,9-10H2,1-4H3,(H,22,23)/t15-,16-/m1/s1. The Morgan fingerprint density at radius 3 is 2.46 bits per heavy atom. The predicted molar refractivity (Wildman–Crippen MR) is 100.0 cm³/mol. The number of nitrogens with one attached hydrogen (secondary N) is 1. The fourth-order valence-corrected chi connectivity index (χ4v) is 2.79. The zero-order valence-corrected chi connectivity index (χ0v) is 15.7. The number of ether oxygens (including phenoxy) is 3. The van der Waals surface area contributed by atoms with Crippen molar-refractivity contribution >= 4 is 5.91 Å². The van der Waals surface area contributed by atoms with Gasteiger partial charge < -0.3 is 19.5 Å². The van der Waals surface area contributed by atoms with Crippen LogP contribution in [0.3, 0.4) is 0 Å². The van der Waals surface area contributed by atoms with Crippen molar-refractivity contribution in [1.82, 2.24) is 5.32 Å². The van der Waals surface area contributed by atoms with Crippen molar-refractivity contribution in [2.45, 2.75) is 39.8 Å². The Kier molecular flexibility index (Phi) is 5.35. The maximum absolute atomic E-state index is 12.5. The number of hydrogen-bond acceptors (Lipinski definition) is 4. The number of rotatable bonds is 5. The number of carbonyl (C=O) groups excluding carboxylic acids is 1. The van der Waals surface area contributed by atoms with Crippen LogP contribution in [0, 0.1) is 13.8 Å². The van der Waals surface area contributed by atoms with Crippen molar-refractivity contribution in [3.05, 3.63) is 53.1 Å². The zero-order chi connectivity index (χ0) is 18.7. The largest absolute Gasteiger partial charge is 0.486 e. The highest BCUT2D eigenvalue weighted by Gasteiger charge is 2.20.